The SMILES string of the molecule is COc1ccc2c3c(ccc2c1)C1=C(CC3)P(C)(=S)CC1. The van der Waals surface area contributed by atoms with Crippen LogP contribution in [0.3, 0.4) is 0 Å². The van der Waals surface area contributed by atoms with Gasteiger partial charge in [-0.1, -0.05) is 30.0 Å². The van der Waals surface area contributed by atoms with Crippen molar-refractivity contribution in [2.24, 2.45) is 0 Å². The number of benzene rings is 2. The number of fused-ring (bicyclic) bond motifs is 4. The van der Waals surface area contributed by atoms with E-state index in [1.165, 1.54) is 40.9 Å². The molecule has 1 nitrogen and oxygen atoms in total. The first-order chi connectivity index (χ1) is 10.1. The average molecular weight is 314 g/mol. The molecule has 0 saturated carbocycles. The van der Waals surface area contributed by atoms with Crippen LogP contribution in [-0.4, -0.2) is 19.9 Å². The van der Waals surface area contributed by atoms with Crippen molar-refractivity contribution in [2.45, 2.75) is 19.3 Å². The third-order valence-corrected chi connectivity index (χ3v) is 8.90. The summed E-state index contributed by atoms with van der Waals surface area (Å²) in [6.45, 7) is 2.33. The van der Waals surface area contributed by atoms with Crippen LogP contribution >= 0.6 is 6.04 Å². The molecule has 0 saturated heterocycles. The van der Waals surface area contributed by atoms with E-state index < -0.39 is 6.04 Å². The minimum absolute atomic E-state index is 0.933. The third kappa shape index (κ3) is 2.00. The molecule has 0 amide bonds. The number of hydrogen-bond donors (Lipinski definition) is 0. The monoisotopic (exact) mass is 314 g/mol. The van der Waals surface area contributed by atoms with Gasteiger partial charge >= 0.3 is 0 Å². The number of hydrogen-bond acceptors (Lipinski definition) is 2. The number of aryl methyl sites for hydroxylation is 1. The summed E-state index contributed by atoms with van der Waals surface area (Å²) < 4.78 is 5.34. The molecule has 0 N–H and O–H groups in total. The lowest BCUT2D eigenvalue weighted by Gasteiger charge is -2.23. The summed E-state index contributed by atoms with van der Waals surface area (Å²) in [6.07, 6.45) is 4.75. The summed E-state index contributed by atoms with van der Waals surface area (Å²) in [6, 6.07) is 9.77. The van der Waals surface area contributed by atoms with E-state index in [0.717, 1.165) is 12.2 Å². The molecule has 1 atom stereocenters. The highest BCUT2D eigenvalue weighted by atomic mass is 32.4. The zero-order chi connectivity index (χ0) is 14.6. The molecule has 0 bridgehead atoms. The predicted molar refractivity (Wildman–Crippen MR) is 95.4 cm³/mol. The first kappa shape index (κ1) is 13.5. The molecule has 2 aromatic rings. The van der Waals surface area contributed by atoms with Gasteiger partial charge in [-0.05, 0) is 83.0 Å². The Bertz CT molecular complexity index is 834. The largest absolute Gasteiger partial charge is 0.497 e. The summed E-state index contributed by atoms with van der Waals surface area (Å²) in [7, 11) is 1.73. The van der Waals surface area contributed by atoms with Crippen LogP contribution in [0.25, 0.3) is 16.3 Å². The van der Waals surface area contributed by atoms with Gasteiger partial charge in [0.2, 0.25) is 0 Å². The second-order valence-electron chi connectivity index (χ2n) is 6.18. The van der Waals surface area contributed by atoms with Crippen LogP contribution in [0.15, 0.2) is 35.6 Å². The van der Waals surface area contributed by atoms with Crippen molar-refractivity contribution in [2.75, 3.05) is 19.9 Å². The van der Waals surface area contributed by atoms with Gasteiger partial charge in [-0.25, -0.2) is 0 Å². The Morgan fingerprint density at radius 1 is 1.10 bits per heavy atom. The van der Waals surface area contributed by atoms with Gasteiger partial charge in [0, 0.05) is 0 Å². The molecule has 4 rings (SSSR count). The summed E-state index contributed by atoms with van der Waals surface area (Å²) in [5.74, 6) is 0.933. The Labute approximate surface area is 131 Å². The van der Waals surface area contributed by atoms with E-state index in [1.807, 2.05) is 0 Å². The Hall–Kier alpha value is -1.11. The molecule has 0 fully saturated rings. The van der Waals surface area contributed by atoms with Gasteiger partial charge in [0.25, 0.3) is 0 Å². The van der Waals surface area contributed by atoms with Crippen LogP contribution < -0.4 is 4.74 Å². The molecule has 0 spiro atoms. The minimum Gasteiger partial charge on any atom is -0.497 e. The van der Waals surface area contributed by atoms with Crippen molar-refractivity contribution >= 4 is 34.2 Å². The van der Waals surface area contributed by atoms with Crippen LogP contribution in [0, 0.1) is 0 Å². The van der Waals surface area contributed by atoms with Crippen molar-refractivity contribution in [3.05, 3.63) is 46.8 Å². The summed E-state index contributed by atoms with van der Waals surface area (Å²) in [5.41, 5.74) is 4.58. The molecule has 1 unspecified atom stereocenters. The Morgan fingerprint density at radius 2 is 1.95 bits per heavy atom. The molecule has 2 aliphatic rings. The van der Waals surface area contributed by atoms with Crippen molar-refractivity contribution in [3.8, 4) is 5.75 Å². The fraction of sp³-hybridized carbons (Fsp3) is 0.333. The lowest BCUT2D eigenvalue weighted by molar-refractivity contribution is 0.415. The van der Waals surface area contributed by atoms with E-state index in [9.17, 15) is 0 Å². The first-order valence-corrected chi connectivity index (χ1v) is 10.9. The van der Waals surface area contributed by atoms with Crippen LogP contribution in [0.1, 0.15) is 24.0 Å². The standard InChI is InChI=1S/C18H19OPS/c1-19-13-4-6-14-12(11-13)3-5-16-15(14)7-8-18-17(16)9-10-20(18,2)21/h3-6,11H,7-10H2,1-2H3. The Morgan fingerprint density at radius 3 is 2.76 bits per heavy atom. The van der Waals surface area contributed by atoms with Crippen LogP contribution in [0.5, 0.6) is 5.75 Å². The van der Waals surface area contributed by atoms with E-state index in [-0.39, 0.29) is 0 Å². The summed E-state index contributed by atoms with van der Waals surface area (Å²) in [4.78, 5) is 0. The van der Waals surface area contributed by atoms with Crippen molar-refractivity contribution in [1.82, 2.24) is 0 Å². The zero-order valence-corrected chi connectivity index (χ0v) is 14.2. The molecule has 0 radical (unpaired) electrons. The molecule has 2 aromatic carbocycles. The van der Waals surface area contributed by atoms with Crippen molar-refractivity contribution < 1.29 is 4.74 Å². The molecular formula is C18H19OPS. The van der Waals surface area contributed by atoms with Crippen LogP contribution in [0.2, 0.25) is 0 Å². The first-order valence-electron chi connectivity index (χ1n) is 7.49. The van der Waals surface area contributed by atoms with Gasteiger partial charge < -0.3 is 4.74 Å². The lowest BCUT2D eigenvalue weighted by Crippen LogP contribution is -2.02. The maximum atomic E-state index is 5.90. The van der Waals surface area contributed by atoms with E-state index >= 15 is 0 Å². The lowest BCUT2D eigenvalue weighted by atomic mass is 9.86. The average Bonchev–Trinajstić information content (AvgIpc) is 2.82. The highest BCUT2D eigenvalue weighted by Crippen LogP contribution is 2.63. The highest BCUT2D eigenvalue weighted by molar-refractivity contribution is 8.16. The molecule has 21 heavy (non-hydrogen) atoms. The third-order valence-electron chi connectivity index (χ3n) is 4.98. The summed E-state index contributed by atoms with van der Waals surface area (Å²) >= 11 is 5.90. The number of rotatable bonds is 1. The molecular weight excluding hydrogens is 295 g/mol. The Balaban J connectivity index is 1.96. The molecule has 1 heterocycles. The van der Waals surface area contributed by atoms with Crippen LogP contribution in [0.4, 0.5) is 0 Å². The second-order valence-corrected chi connectivity index (χ2v) is 11.8. The second kappa shape index (κ2) is 4.69. The van der Waals surface area contributed by atoms with E-state index in [2.05, 4.69) is 37.0 Å². The molecule has 108 valence electrons. The number of allylic oxidation sites excluding steroid dienone is 2. The molecule has 3 heteroatoms. The molecule has 0 aromatic heterocycles. The topological polar surface area (TPSA) is 9.23 Å². The van der Waals surface area contributed by atoms with Gasteiger partial charge in [-0.15, -0.1) is 0 Å². The zero-order valence-electron chi connectivity index (χ0n) is 12.5. The number of ether oxygens (including phenoxy) is 1. The maximum Gasteiger partial charge on any atom is 0.119 e. The predicted octanol–water partition coefficient (Wildman–Crippen LogP) is 5.02. The minimum atomic E-state index is -1.21. The highest BCUT2D eigenvalue weighted by Gasteiger charge is 2.32. The fourth-order valence-corrected chi connectivity index (χ4v) is 7.05. The Kier molecular flexibility index (Phi) is 3.03. The van der Waals surface area contributed by atoms with Gasteiger partial charge in [-0.3, -0.25) is 0 Å². The number of methoxy groups -OCH3 is 1. The van der Waals surface area contributed by atoms with Gasteiger partial charge in [0.15, 0.2) is 0 Å². The quantitative estimate of drug-likeness (QED) is 0.684. The maximum absolute atomic E-state index is 5.90. The molecule has 1 aliphatic carbocycles. The van der Waals surface area contributed by atoms with Gasteiger partial charge in [0.05, 0.1) is 7.11 Å². The van der Waals surface area contributed by atoms with Gasteiger partial charge in [-0.2, -0.15) is 0 Å². The van der Waals surface area contributed by atoms with Gasteiger partial charge in [0.1, 0.15) is 5.75 Å². The van der Waals surface area contributed by atoms with Crippen molar-refractivity contribution in [3.63, 3.8) is 0 Å². The smallest absolute Gasteiger partial charge is 0.119 e. The van der Waals surface area contributed by atoms with Crippen molar-refractivity contribution in [1.29, 1.82) is 0 Å². The van der Waals surface area contributed by atoms with E-state index in [1.54, 1.807) is 18.0 Å². The fourth-order valence-electron chi connectivity index (χ4n) is 3.86. The molecule has 1 aliphatic heterocycles. The normalized spacial score (nSPS) is 24.1. The van der Waals surface area contributed by atoms with E-state index in [0.29, 0.717) is 0 Å². The van der Waals surface area contributed by atoms with E-state index in [4.69, 9.17) is 16.5 Å². The summed E-state index contributed by atoms with van der Waals surface area (Å²) in [5, 5.41) is 4.31. The van der Waals surface area contributed by atoms with Crippen LogP contribution in [-0.2, 0) is 18.2 Å².